The number of hydrogen-bond donors (Lipinski definition) is 2. The number of carboxylic acid groups (broad SMARTS) is 1. The molecule has 0 aliphatic rings. The molecule has 2 aromatic rings. The van der Waals surface area contributed by atoms with Gasteiger partial charge < -0.3 is 15.1 Å². The molecule has 2 N–H and O–H groups in total. The van der Waals surface area contributed by atoms with Crippen molar-refractivity contribution in [2.24, 2.45) is 0 Å². The lowest BCUT2D eigenvalue weighted by Gasteiger charge is -2.18. The second kappa shape index (κ2) is 5.74. The Balaban J connectivity index is 2.86. The number of nitrogens with zero attached hydrogens (tertiary/aromatic N) is 1. The summed E-state index contributed by atoms with van der Waals surface area (Å²) in [6.07, 6.45) is 3.12. The van der Waals surface area contributed by atoms with Gasteiger partial charge in [-0.3, -0.25) is 4.79 Å². The van der Waals surface area contributed by atoms with Gasteiger partial charge in [0.25, 0.3) is 0 Å². The molecule has 1 heterocycles. The average molecular weight is 384 g/mol. The summed E-state index contributed by atoms with van der Waals surface area (Å²) in [6, 6.07) is 5.29. The minimum Gasteiger partial charge on any atom is -0.477 e. The molecule has 0 amide bonds. The van der Waals surface area contributed by atoms with Crippen molar-refractivity contribution in [1.29, 1.82) is 5.41 Å². The molecule has 0 fully saturated rings. The SMILES string of the molecule is CC(CC=N)n1cc(C(=O)O)c(=O)c2cc(I)ccc21. The van der Waals surface area contributed by atoms with Gasteiger partial charge in [0.1, 0.15) is 5.56 Å². The highest BCUT2D eigenvalue weighted by Crippen LogP contribution is 2.20. The van der Waals surface area contributed by atoms with E-state index in [2.05, 4.69) is 22.6 Å². The van der Waals surface area contributed by atoms with Crippen LogP contribution in [0, 0.1) is 8.98 Å². The lowest BCUT2D eigenvalue weighted by Crippen LogP contribution is -2.20. The number of fused-ring (bicyclic) bond motifs is 1. The van der Waals surface area contributed by atoms with Crippen LogP contribution in [0.5, 0.6) is 0 Å². The first kappa shape index (κ1) is 14.7. The smallest absolute Gasteiger partial charge is 0.341 e. The van der Waals surface area contributed by atoms with Gasteiger partial charge in [0.05, 0.1) is 5.52 Å². The third kappa shape index (κ3) is 2.60. The van der Waals surface area contributed by atoms with E-state index in [9.17, 15) is 14.7 Å². The Morgan fingerprint density at radius 1 is 1.55 bits per heavy atom. The van der Waals surface area contributed by atoms with Crippen molar-refractivity contribution < 1.29 is 9.90 Å². The zero-order chi connectivity index (χ0) is 14.9. The lowest BCUT2D eigenvalue weighted by molar-refractivity contribution is 0.0694. The van der Waals surface area contributed by atoms with E-state index in [1.807, 2.05) is 19.1 Å². The number of carboxylic acids is 1. The van der Waals surface area contributed by atoms with Crippen molar-refractivity contribution in [2.45, 2.75) is 19.4 Å². The quantitative estimate of drug-likeness (QED) is 0.628. The van der Waals surface area contributed by atoms with Gasteiger partial charge in [-0.05, 0) is 53.9 Å². The molecular weight excluding hydrogens is 371 g/mol. The molecule has 1 aromatic heterocycles. The summed E-state index contributed by atoms with van der Waals surface area (Å²) < 4.78 is 2.63. The maximum Gasteiger partial charge on any atom is 0.341 e. The summed E-state index contributed by atoms with van der Waals surface area (Å²) in [4.78, 5) is 23.4. The largest absolute Gasteiger partial charge is 0.477 e. The maximum atomic E-state index is 12.2. The highest BCUT2D eigenvalue weighted by molar-refractivity contribution is 14.1. The summed E-state index contributed by atoms with van der Waals surface area (Å²) in [5, 5.41) is 16.8. The molecule has 0 aliphatic carbocycles. The van der Waals surface area contributed by atoms with Crippen LogP contribution in [-0.2, 0) is 0 Å². The fourth-order valence-corrected chi connectivity index (χ4v) is 2.62. The number of aromatic carboxylic acids is 1. The normalized spacial score (nSPS) is 12.3. The molecular formula is C14H13IN2O3. The van der Waals surface area contributed by atoms with E-state index >= 15 is 0 Å². The Hall–Kier alpha value is -1.70. The van der Waals surface area contributed by atoms with E-state index in [4.69, 9.17) is 5.41 Å². The van der Waals surface area contributed by atoms with Gasteiger partial charge in [-0.15, -0.1) is 0 Å². The van der Waals surface area contributed by atoms with Gasteiger partial charge in [-0.2, -0.15) is 0 Å². The van der Waals surface area contributed by atoms with Crippen LogP contribution in [0.25, 0.3) is 10.9 Å². The molecule has 0 saturated carbocycles. The van der Waals surface area contributed by atoms with Gasteiger partial charge in [0.2, 0.25) is 5.43 Å². The number of pyridine rings is 1. The third-order valence-corrected chi connectivity index (χ3v) is 3.83. The molecule has 5 nitrogen and oxygen atoms in total. The van der Waals surface area contributed by atoms with Gasteiger partial charge in [-0.1, -0.05) is 0 Å². The number of nitrogens with one attached hydrogen (secondary N) is 1. The molecule has 104 valence electrons. The van der Waals surface area contributed by atoms with E-state index in [-0.39, 0.29) is 11.6 Å². The molecule has 2 rings (SSSR count). The topological polar surface area (TPSA) is 83.2 Å². The van der Waals surface area contributed by atoms with Crippen LogP contribution in [0.3, 0.4) is 0 Å². The number of rotatable bonds is 4. The second-order valence-electron chi connectivity index (χ2n) is 4.53. The summed E-state index contributed by atoms with van der Waals surface area (Å²) in [6.45, 7) is 1.89. The van der Waals surface area contributed by atoms with Gasteiger partial charge in [0.15, 0.2) is 0 Å². The maximum absolute atomic E-state index is 12.2. The molecule has 6 heteroatoms. The van der Waals surface area contributed by atoms with Crippen molar-refractivity contribution in [2.75, 3.05) is 0 Å². The molecule has 0 aliphatic heterocycles. The van der Waals surface area contributed by atoms with Crippen molar-refractivity contribution >= 4 is 45.7 Å². The predicted octanol–water partition coefficient (Wildman–Crippen LogP) is 2.90. The molecule has 0 radical (unpaired) electrons. The van der Waals surface area contributed by atoms with Crippen LogP contribution in [0.2, 0.25) is 0 Å². The van der Waals surface area contributed by atoms with Crippen molar-refractivity contribution in [3.05, 3.63) is 43.8 Å². The number of carbonyl (C=O) groups is 1. The molecule has 1 aromatic carbocycles. The summed E-state index contributed by atoms with van der Waals surface area (Å²) in [5.41, 5.74) is -0.0181. The fraction of sp³-hybridized carbons (Fsp3) is 0.214. The van der Waals surface area contributed by atoms with Crippen LogP contribution < -0.4 is 5.43 Å². The van der Waals surface area contributed by atoms with Crippen molar-refractivity contribution in [3.63, 3.8) is 0 Å². The first-order chi connectivity index (χ1) is 9.45. The Morgan fingerprint density at radius 2 is 2.25 bits per heavy atom. The van der Waals surface area contributed by atoms with E-state index in [1.54, 1.807) is 10.6 Å². The lowest BCUT2D eigenvalue weighted by atomic mass is 10.1. The second-order valence-corrected chi connectivity index (χ2v) is 5.78. The first-order valence-electron chi connectivity index (χ1n) is 6.02. The number of benzene rings is 1. The van der Waals surface area contributed by atoms with Crippen molar-refractivity contribution in [3.8, 4) is 0 Å². The standard InChI is InChI=1S/C14H13IN2O3/c1-8(4-5-16)17-7-11(14(19)20)13(18)10-6-9(15)2-3-12(10)17/h2-3,5-8,16H,4H2,1H3,(H,19,20). The van der Waals surface area contributed by atoms with Crippen LogP contribution in [0.15, 0.2) is 29.2 Å². The monoisotopic (exact) mass is 384 g/mol. The molecule has 1 atom stereocenters. The summed E-state index contributed by atoms with van der Waals surface area (Å²) in [5.74, 6) is -1.23. The minimum atomic E-state index is -1.23. The summed E-state index contributed by atoms with van der Waals surface area (Å²) >= 11 is 2.09. The van der Waals surface area contributed by atoms with Gasteiger partial charge >= 0.3 is 5.97 Å². The van der Waals surface area contributed by atoms with Crippen LogP contribution >= 0.6 is 22.6 Å². The van der Waals surface area contributed by atoms with E-state index in [0.717, 1.165) is 3.57 Å². The zero-order valence-corrected chi connectivity index (χ0v) is 12.9. The number of aromatic nitrogens is 1. The fourth-order valence-electron chi connectivity index (χ4n) is 2.13. The molecule has 20 heavy (non-hydrogen) atoms. The zero-order valence-electron chi connectivity index (χ0n) is 10.8. The van der Waals surface area contributed by atoms with Crippen molar-refractivity contribution in [1.82, 2.24) is 4.57 Å². The third-order valence-electron chi connectivity index (χ3n) is 3.16. The van der Waals surface area contributed by atoms with Crippen LogP contribution in [-0.4, -0.2) is 21.9 Å². The van der Waals surface area contributed by atoms with E-state index < -0.39 is 11.4 Å². The first-order valence-corrected chi connectivity index (χ1v) is 7.10. The van der Waals surface area contributed by atoms with Gasteiger partial charge in [-0.25, -0.2) is 4.79 Å². The molecule has 0 bridgehead atoms. The predicted molar refractivity (Wildman–Crippen MR) is 86.0 cm³/mol. The molecule has 1 unspecified atom stereocenters. The number of halogens is 1. The summed E-state index contributed by atoms with van der Waals surface area (Å²) in [7, 11) is 0. The van der Waals surface area contributed by atoms with Gasteiger partial charge in [0, 0.05) is 27.6 Å². The van der Waals surface area contributed by atoms with E-state index in [1.165, 1.54) is 12.4 Å². The Labute approximate surface area is 128 Å². The Morgan fingerprint density at radius 3 is 2.85 bits per heavy atom. The minimum absolute atomic E-state index is 0.0891. The molecule has 0 saturated heterocycles. The molecule has 0 spiro atoms. The highest BCUT2D eigenvalue weighted by atomic mass is 127. The Kier molecular flexibility index (Phi) is 4.22. The van der Waals surface area contributed by atoms with E-state index in [0.29, 0.717) is 17.3 Å². The highest BCUT2D eigenvalue weighted by Gasteiger charge is 2.16. The van der Waals surface area contributed by atoms with Crippen LogP contribution in [0.1, 0.15) is 29.7 Å². The Bertz CT molecular complexity index is 752. The van der Waals surface area contributed by atoms with Crippen LogP contribution in [0.4, 0.5) is 0 Å². The number of hydrogen-bond acceptors (Lipinski definition) is 3. The average Bonchev–Trinajstić information content (AvgIpc) is 2.39.